The number of carbonyl (C=O) groups is 1. The molecule has 2 rings (SSSR count). The zero-order chi connectivity index (χ0) is 15.3. The zero-order valence-electron chi connectivity index (χ0n) is 13.4. The van der Waals surface area contributed by atoms with Gasteiger partial charge in [-0.25, -0.2) is 0 Å². The van der Waals surface area contributed by atoms with Crippen LogP contribution in [0.2, 0.25) is 0 Å². The van der Waals surface area contributed by atoms with E-state index in [1.165, 1.54) is 5.56 Å². The first kappa shape index (κ1) is 16.0. The van der Waals surface area contributed by atoms with Gasteiger partial charge in [0.1, 0.15) is 0 Å². The van der Waals surface area contributed by atoms with Gasteiger partial charge in [-0.15, -0.1) is 0 Å². The van der Waals surface area contributed by atoms with Crippen molar-refractivity contribution in [3.63, 3.8) is 0 Å². The maximum atomic E-state index is 11.8. The van der Waals surface area contributed by atoms with E-state index in [0.29, 0.717) is 6.04 Å². The summed E-state index contributed by atoms with van der Waals surface area (Å²) in [5.74, 6) is 0.0918. The van der Waals surface area contributed by atoms with Crippen LogP contribution in [0.4, 0.5) is 0 Å². The van der Waals surface area contributed by atoms with Crippen molar-refractivity contribution in [3.8, 4) is 0 Å². The fourth-order valence-electron chi connectivity index (χ4n) is 2.80. The molecule has 0 spiro atoms. The number of nitrogens with zero attached hydrogens (tertiary/aromatic N) is 1. The molecule has 1 unspecified atom stereocenters. The Labute approximate surface area is 127 Å². The number of hydrogen-bond donors (Lipinski definition) is 2. The smallest absolute Gasteiger partial charge is 0.226 e. The van der Waals surface area contributed by atoms with E-state index < -0.39 is 0 Å². The minimum absolute atomic E-state index is 0.0918. The molecular formula is C17H27N3O. The molecule has 0 saturated carbocycles. The van der Waals surface area contributed by atoms with Crippen molar-refractivity contribution < 1.29 is 4.79 Å². The summed E-state index contributed by atoms with van der Waals surface area (Å²) in [7, 11) is 1.70. The van der Waals surface area contributed by atoms with Crippen LogP contribution in [-0.4, -0.2) is 43.5 Å². The largest absolute Gasteiger partial charge is 0.359 e. The van der Waals surface area contributed by atoms with Gasteiger partial charge in [-0.2, -0.15) is 0 Å². The first-order valence-corrected chi connectivity index (χ1v) is 7.73. The molecular weight excluding hydrogens is 262 g/mol. The van der Waals surface area contributed by atoms with Gasteiger partial charge in [-0.05, 0) is 25.8 Å². The first-order valence-electron chi connectivity index (χ1n) is 7.73. The molecule has 0 radical (unpaired) electrons. The predicted molar refractivity (Wildman–Crippen MR) is 86.0 cm³/mol. The van der Waals surface area contributed by atoms with Crippen LogP contribution in [0.25, 0.3) is 0 Å². The summed E-state index contributed by atoms with van der Waals surface area (Å²) in [6.45, 7) is 7.87. The molecule has 1 aliphatic heterocycles. The molecule has 1 heterocycles. The Bertz CT molecular complexity index is 458. The highest BCUT2D eigenvalue weighted by Gasteiger charge is 2.29. The Balaban J connectivity index is 1.77. The summed E-state index contributed by atoms with van der Waals surface area (Å²) in [4.78, 5) is 14.3. The average molecular weight is 289 g/mol. The van der Waals surface area contributed by atoms with Gasteiger partial charge in [0.25, 0.3) is 0 Å². The Kier molecular flexibility index (Phi) is 5.37. The summed E-state index contributed by atoms with van der Waals surface area (Å²) < 4.78 is 0. The second-order valence-corrected chi connectivity index (χ2v) is 6.55. The standard InChI is InChI=1S/C17H27N3O/c1-17(2,16(21)18-3)13-19-15-9-10-20(12-15)11-14-7-5-4-6-8-14/h4-8,15,19H,9-13H2,1-3H3,(H,18,21). The van der Waals surface area contributed by atoms with Crippen LogP contribution >= 0.6 is 0 Å². The third kappa shape index (κ3) is 4.55. The van der Waals surface area contributed by atoms with Crippen molar-refractivity contribution in [2.24, 2.45) is 5.41 Å². The number of benzene rings is 1. The van der Waals surface area contributed by atoms with E-state index in [1.54, 1.807) is 7.05 Å². The summed E-state index contributed by atoms with van der Waals surface area (Å²) in [6, 6.07) is 11.1. The van der Waals surface area contributed by atoms with E-state index in [9.17, 15) is 4.79 Å². The minimum atomic E-state index is -0.360. The van der Waals surface area contributed by atoms with E-state index in [-0.39, 0.29) is 11.3 Å². The number of rotatable bonds is 6. The number of nitrogens with one attached hydrogen (secondary N) is 2. The van der Waals surface area contributed by atoms with Crippen LogP contribution in [0.1, 0.15) is 25.8 Å². The SMILES string of the molecule is CNC(=O)C(C)(C)CNC1CCN(Cc2ccccc2)C1. The predicted octanol–water partition coefficient (Wildman–Crippen LogP) is 1.62. The topological polar surface area (TPSA) is 44.4 Å². The Morgan fingerprint density at radius 1 is 1.33 bits per heavy atom. The van der Waals surface area contributed by atoms with E-state index >= 15 is 0 Å². The Morgan fingerprint density at radius 3 is 2.71 bits per heavy atom. The highest BCUT2D eigenvalue weighted by molar-refractivity contribution is 5.81. The van der Waals surface area contributed by atoms with Gasteiger partial charge >= 0.3 is 0 Å². The highest BCUT2D eigenvalue weighted by Crippen LogP contribution is 2.17. The van der Waals surface area contributed by atoms with Gasteiger partial charge in [0.15, 0.2) is 0 Å². The van der Waals surface area contributed by atoms with E-state index in [1.807, 2.05) is 13.8 Å². The van der Waals surface area contributed by atoms with Gasteiger partial charge in [0.2, 0.25) is 5.91 Å². The lowest BCUT2D eigenvalue weighted by Crippen LogP contribution is -2.45. The fourth-order valence-corrected chi connectivity index (χ4v) is 2.80. The van der Waals surface area contributed by atoms with Crippen molar-refractivity contribution in [2.75, 3.05) is 26.7 Å². The van der Waals surface area contributed by atoms with E-state index in [0.717, 1.165) is 32.6 Å². The van der Waals surface area contributed by atoms with E-state index in [2.05, 4.69) is 45.9 Å². The second kappa shape index (κ2) is 7.05. The van der Waals surface area contributed by atoms with Gasteiger partial charge < -0.3 is 10.6 Å². The molecule has 1 amide bonds. The lowest BCUT2D eigenvalue weighted by molar-refractivity contribution is -0.128. The highest BCUT2D eigenvalue weighted by atomic mass is 16.2. The molecule has 0 aromatic heterocycles. The van der Waals surface area contributed by atoms with Crippen LogP contribution in [0.3, 0.4) is 0 Å². The summed E-state index contributed by atoms with van der Waals surface area (Å²) in [5, 5.41) is 6.28. The van der Waals surface area contributed by atoms with Crippen LogP contribution in [0, 0.1) is 5.41 Å². The first-order chi connectivity index (χ1) is 10.0. The number of amides is 1. The lowest BCUT2D eigenvalue weighted by Gasteiger charge is -2.25. The monoisotopic (exact) mass is 289 g/mol. The third-order valence-corrected chi connectivity index (χ3v) is 4.20. The normalized spacial score (nSPS) is 19.7. The molecule has 4 heteroatoms. The maximum absolute atomic E-state index is 11.8. The molecule has 0 aliphatic carbocycles. The Morgan fingerprint density at radius 2 is 2.05 bits per heavy atom. The molecule has 1 aromatic rings. The van der Waals surface area contributed by atoms with Crippen molar-refractivity contribution >= 4 is 5.91 Å². The second-order valence-electron chi connectivity index (χ2n) is 6.55. The molecule has 2 N–H and O–H groups in total. The van der Waals surface area contributed by atoms with Crippen molar-refractivity contribution in [1.29, 1.82) is 0 Å². The summed E-state index contributed by atoms with van der Waals surface area (Å²) in [5.41, 5.74) is 1.01. The summed E-state index contributed by atoms with van der Waals surface area (Å²) in [6.07, 6.45) is 1.15. The van der Waals surface area contributed by atoms with Crippen molar-refractivity contribution in [3.05, 3.63) is 35.9 Å². The van der Waals surface area contributed by atoms with Crippen LogP contribution in [0.15, 0.2) is 30.3 Å². The molecule has 1 aliphatic rings. The Hall–Kier alpha value is -1.39. The van der Waals surface area contributed by atoms with Crippen LogP contribution in [-0.2, 0) is 11.3 Å². The van der Waals surface area contributed by atoms with Crippen molar-refractivity contribution in [2.45, 2.75) is 32.9 Å². The van der Waals surface area contributed by atoms with Gasteiger partial charge in [-0.1, -0.05) is 30.3 Å². The molecule has 21 heavy (non-hydrogen) atoms. The zero-order valence-corrected chi connectivity index (χ0v) is 13.4. The van der Waals surface area contributed by atoms with E-state index in [4.69, 9.17) is 0 Å². The molecule has 1 saturated heterocycles. The third-order valence-electron chi connectivity index (χ3n) is 4.20. The quantitative estimate of drug-likeness (QED) is 0.836. The van der Waals surface area contributed by atoms with Gasteiger partial charge in [-0.3, -0.25) is 9.69 Å². The minimum Gasteiger partial charge on any atom is -0.359 e. The number of likely N-dealkylation sites (tertiary alicyclic amines) is 1. The van der Waals surface area contributed by atoms with Gasteiger partial charge in [0, 0.05) is 39.3 Å². The van der Waals surface area contributed by atoms with Crippen LogP contribution in [0.5, 0.6) is 0 Å². The van der Waals surface area contributed by atoms with Crippen LogP contribution < -0.4 is 10.6 Å². The molecule has 0 bridgehead atoms. The molecule has 1 atom stereocenters. The van der Waals surface area contributed by atoms with Gasteiger partial charge in [0.05, 0.1) is 5.41 Å². The van der Waals surface area contributed by atoms with Crippen molar-refractivity contribution in [1.82, 2.24) is 15.5 Å². The molecule has 116 valence electrons. The molecule has 4 nitrogen and oxygen atoms in total. The fraction of sp³-hybridized carbons (Fsp3) is 0.588. The average Bonchev–Trinajstić information content (AvgIpc) is 2.93. The maximum Gasteiger partial charge on any atom is 0.226 e. The number of hydrogen-bond acceptors (Lipinski definition) is 3. The molecule has 1 fully saturated rings. The molecule has 1 aromatic carbocycles. The number of carbonyl (C=O) groups excluding carboxylic acids is 1. The summed E-state index contributed by atoms with van der Waals surface area (Å²) >= 11 is 0. The lowest BCUT2D eigenvalue weighted by atomic mass is 9.92.